The van der Waals surface area contributed by atoms with Crippen LogP contribution in [0.4, 0.5) is 10.1 Å². The van der Waals surface area contributed by atoms with Crippen LogP contribution < -0.4 is 9.62 Å². The van der Waals surface area contributed by atoms with Crippen molar-refractivity contribution in [1.29, 1.82) is 0 Å². The van der Waals surface area contributed by atoms with Crippen molar-refractivity contribution in [2.45, 2.75) is 45.3 Å². The van der Waals surface area contributed by atoms with Crippen molar-refractivity contribution < 1.29 is 22.4 Å². The van der Waals surface area contributed by atoms with Crippen LogP contribution in [0.5, 0.6) is 0 Å². The third kappa shape index (κ3) is 8.76. The number of carbonyl (C=O) groups excluding carboxylic acids is 2. The molecule has 11 heteroatoms. The normalized spacial score (nSPS) is 13.0. The van der Waals surface area contributed by atoms with Gasteiger partial charge in [-0.2, -0.15) is 12.7 Å². The zero-order valence-corrected chi connectivity index (χ0v) is 25.2. The largest absolute Gasteiger partial charge is 0.352 e. The maximum Gasteiger partial charge on any atom is 0.304 e. The van der Waals surface area contributed by atoms with Gasteiger partial charge in [-0.25, -0.2) is 8.70 Å². The molecule has 3 aromatic rings. The number of carbonyl (C=O) groups is 2. The Balaban J connectivity index is 2.09. The summed E-state index contributed by atoms with van der Waals surface area (Å²) in [6.45, 7) is 3.21. The number of nitrogens with zero attached hydrogens (tertiary/aromatic N) is 3. The van der Waals surface area contributed by atoms with Gasteiger partial charge in [-0.15, -0.1) is 0 Å². The van der Waals surface area contributed by atoms with Gasteiger partial charge in [0, 0.05) is 38.1 Å². The Morgan fingerprint density at radius 1 is 0.951 bits per heavy atom. The second kappa shape index (κ2) is 14.4. The minimum atomic E-state index is -4.17. The summed E-state index contributed by atoms with van der Waals surface area (Å²) in [7, 11) is -1.48. The van der Waals surface area contributed by atoms with Crippen LogP contribution in [0.25, 0.3) is 0 Å². The van der Waals surface area contributed by atoms with E-state index in [0.717, 1.165) is 26.3 Å². The van der Waals surface area contributed by atoms with E-state index in [1.807, 2.05) is 44.2 Å². The predicted octanol–water partition coefficient (Wildman–Crippen LogP) is 4.65. The molecule has 0 saturated heterocycles. The summed E-state index contributed by atoms with van der Waals surface area (Å²) in [5.41, 5.74) is 1.61. The Labute approximate surface area is 246 Å². The molecule has 3 rings (SSSR count). The summed E-state index contributed by atoms with van der Waals surface area (Å²) in [6.07, 6.45) is 0.887. The van der Waals surface area contributed by atoms with Gasteiger partial charge in [0.1, 0.15) is 18.4 Å². The number of hydrogen-bond donors (Lipinski definition) is 1. The van der Waals surface area contributed by atoms with E-state index in [4.69, 9.17) is 11.6 Å². The van der Waals surface area contributed by atoms with Crippen LogP contribution in [-0.2, 0) is 32.8 Å². The summed E-state index contributed by atoms with van der Waals surface area (Å²) >= 11 is 6.23. The molecule has 2 atom stereocenters. The molecule has 0 radical (unpaired) electrons. The number of hydrogen-bond acceptors (Lipinski definition) is 4. The average molecular weight is 603 g/mol. The van der Waals surface area contributed by atoms with E-state index in [1.165, 1.54) is 31.1 Å². The van der Waals surface area contributed by atoms with E-state index >= 15 is 0 Å². The lowest BCUT2D eigenvalue weighted by atomic mass is 10.0. The average Bonchev–Trinajstić information content (AvgIpc) is 2.94. The maximum atomic E-state index is 14.2. The Hall–Kier alpha value is -3.47. The maximum absolute atomic E-state index is 14.2. The first kappa shape index (κ1) is 32.0. The summed E-state index contributed by atoms with van der Waals surface area (Å²) < 4.78 is 42.3. The number of nitrogens with one attached hydrogen (secondary N) is 1. The highest BCUT2D eigenvalue weighted by molar-refractivity contribution is 7.90. The van der Waals surface area contributed by atoms with Crippen LogP contribution in [0.2, 0.25) is 5.02 Å². The lowest BCUT2D eigenvalue weighted by Gasteiger charge is -2.35. The molecule has 0 aliphatic heterocycles. The summed E-state index contributed by atoms with van der Waals surface area (Å²) in [5, 5.41) is 3.44. The minimum absolute atomic E-state index is 0.00406. The molecular formula is C30H36ClFN4O4S. The molecule has 8 nitrogen and oxygen atoms in total. The Morgan fingerprint density at radius 3 is 2.17 bits per heavy atom. The highest BCUT2D eigenvalue weighted by Crippen LogP contribution is 2.23. The van der Waals surface area contributed by atoms with Crippen molar-refractivity contribution in [1.82, 2.24) is 14.5 Å². The van der Waals surface area contributed by atoms with Gasteiger partial charge in [0.05, 0.1) is 5.69 Å². The van der Waals surface area contributed by atoms with Crippen LogP contribution in [0.3, 0.4) is 0 Å². The van der Waals surface area contributed by atoms with Crippen molar-refractivity contribution in [3.63, 3.8) is 0 Å². The van der Waals surface area contributed by atoms with Crippen molar-refractivity contribution in [2.75, 3.05) is 24.9 Å². The number of halogens is 2. The van der Waals surface area contributed by atoms with E-state index < -0.39 is 34.5 Å². The van der Waals surface area contributed by atoms with Gasteiger partial charge in [-0.3, -0.25) is 9.59 Å². The third-order valence-electron chi connectivity index (χ3n) is 6.65. The van der Waals surface area contributed by atoms with Crippen molar-refractivity contribution >= 4 is 39.3 Å². The molecule has 0 spiro atoms. The third-order valence-corrected chi connectivity index (χ3v) is 8.70. The van der Waals surface area contributed by atoms with Gasteiger partial charge in [-0.05, 0) is 60.9 Å². The topological polar surface area (TPSA) is 90.0 Å². The van der Waals surface area contributed by atoms with Crippen molar-refractivity contribution in [2.24, 2.45) is 0 Å². The zero-order valence-electron chi connectivity index (χ0n) is 23.6. The molecule has 3 aromatic carbocycles. The van der Waals surface area contributed by atoms with E-state index in [-0.39, 0.29) is 30.6 Å². The summed E-state index contributed by atoms with van der Waals surface area (Å²) in [6, 6.07) is 20.0. The molecule has 1 N–H and O–H groups in total. The molecule has 0 saturated carbocycles. The predicted molar refractivity (Wildman–Crippen MR) is 160 cm³/mol. The lowest BCUT2D eigenvalue weighted by molar-refractivity contribution is -0.140. The van der Waals surface area contributed by atoms with Gasteiger partial charge in [0.2, 0.25) is 11.8 Å². The highest BCUT2D eigenvalue weighted by Gasteiger charge is 2.35. The first-order valence-electron chi connectivity index (χ1n) is 13.3. The van der Waals surface area contributed by atoms with Crippen molar-refractivity contribution in [3.8, 4) is 0 Å². The molecule has 0 bridgehead atoms. The monoisotopic (exact) mass is 602 g/mol. The van der Waals surface area contributed by atoms with Crippen LogP contribution in [0.1, 0.15) is 31.4 Å². The second-order valence-electron chi connectivity index (χ2n) is 9.95. The number of amides is 2. The first-order valence-corrected chi connectivity index (χ1v) is 15.0. The number of anilines is 1. The van der Waals surface area contributed by atoms with Crippen LogP contribution in [-0.4, -0.2) is 62.2 Å². The Morgan fingerprint density at radius 2 is 1.59 bits per heavy atom. The number of rotatable bonds is 13. The van der Waals surface area contributed by atoms with Gasteiger partial charge in [0.25, 0.3) is 0 Å². The van der Waals surface area contributed by atoms with Gasteiger partial charge in [-0.1, -0.05) is 61.0 Å². The smallest absolute Gasteiger partial charge is 0.304 e. The molecule has 0 heterocycles. The van der Waals surface area contributed by atoms with E-state index in [1.54, 1.807) is 24.3 Å². The summed E-state index contributed by atoms with van der Waals surface area (Å²) in [4.78, 5) is 29.3. The lowest BCUT2D eigenvalue weighted by Crippen LogP contribution is -2.55. The Kier molecular flexibility index (Phi) is 11.3. The molecule has 220 valence electrons. The van der Waals surface area contributed by atoms with Gasteiger partial charge < -0.3 is 10.2 Å². The molecule has 41 heavy (non-hydrogen) atoms. The second-order valence-corrected chi connectivity index (χ2v) is 12.5. The molecule has 0 fully saturated rings. The van der Waals surface area contributed by atoms with Crippen molar-refractivity contribution in [3.05, 3.63) is 101 Å². The molecule has 2 amide bonds. The highest BCUT2D eigenvalue weighted by atomic mass is 35.5. The van der Waals surface area contributed by atoms with E-state index in [9.17, 15) is 22.4 Å². The van der Waals surface area contributed by atoms with E-state index in [0.29, 0.717) is 17.0 Å². The molecular weight excluding hydrogens is 567 g/mol. The fourth-order valence-corrected chi connectivity index (χ4v) is 5.42. The zero-order chi connectivity index (χ0) is 30.2. The van der Waals surface area contributed by atoms with Crippen LogP contribution >= 0.6 is 11.6 Å². The molecule has 0 unspecified atom stereocenters. The Bertz CT molecular complexity index is 1420. The van der Waals surface area contributed by atoms with E-state index in [2.05, 4.69) is 5.32 Å². The van der Waals surface area contributed by atoms with Gasteiger partial charge >= 0.3 is 10.2 Å². The standard InChI is InChI=1S/C30H36ClFN4O4S/c1-5-22(2)33-30(38)28(19-23-10-7-6-8-11-23)35(20-24-12-9-13-25(31)18-24)29(37)21-36(41(39,40)34(3)4)27-16-14-26(32)15-17-27/h6-18,22,28H,5,19-21H2,1-4H3,(H,33,38)/t22-,28-/m1/s1. The molecule has 0 aliphatic carbocycles. The molecule has 0 aromatic heterocycles. The van der Waals surface area contributed by atoms with Crippen LogP contribution in [0, 0.1) is 5.82 Å². The summed E-state index contributed by atoms with van der Waals surface area (Å²) in [5.74, 6) is -1.52. The first-order chi connectivity index (χ1) is 19.4. The fraction of sp³-hybridized carbons (Fsp3) is 0.333. The number of benzene rings is 3. The quantitative estimate of drug-likeness (QED) is 0.308. The fourth-order valence-electron chi connectivity index (χ4n) is 4.15. The van der Waals surface area contributed by atoms with Crippen LogP contribution in [0.15, 0.2) is 78.9 Å². The molecule has 0 aliphatic rings. The SMILES string of the molecule is CC[C@@H](C)NC(=O)[C@@H](Cc1ccccc1)N(Cc1cccc(Cl)c1)C(=O)CN(c1ccc(F)cc1)S(=O)(=O)N(C)C. The minimum Gasteiger partial charge on any atom is -0.352 e. The van der Waals surface area contributed by atoms with Gasteiger partial charge in [0.15, 0.2) is 0 Å².